The fourth-order valence-corrected chi connectivity index (χ4v) is 3.42. The third kappa shape index (κ3) is 6.40. The number of benzene rings is 1. The standard InChI is InChI=1S/C16H23N5O3S.ClH/c1-3-20(4-2)10-6-5-9-17-15(22)19-16-18-13-8-7-12(21(23)24)11-14(13)25-16;/h7-8,11H,3-6,9-10H2,1-2H3,(H2,17,18,19,22);1H/p+1. The summed E-state index contributed by atoms with van der Waals surface area (Å²) >= 11 is 1.22. The second-order valence-electron chi connectivity index (χ2n) is 5.72. The summed E-state index contributed by atoms with van der Waals surface area (Å²) in [6.45, 7) is 8.34. The molecule has 0 radical (unpaired) electrons. The molecule has 1 aromatic heterocycles. The van der Waals surface area contributed by atoms with Gasteiger partial charge in [0.2, 0.25) is 0 Å². The number of amides is 2. The smallest absolute Gasteiger partial charge is 0.321 e. The predicted molar refractivity (Wildman–Crippen MR) is 107 cm³/mol. The van der Waals surface area contributed by atoms with E-state index in [1.54, 1.807) is 11.0 Å². The molecule has 0 aliphatic heterocycles. The summed E-state index contributed by atoms with van der Waals surface area (Å²) < 4.78 is 0.673. The maximum Gasteiger partial charge on any atom is 0.321 e. The average Bonchev–Trinajstić information content (AvgIpc) is 2.99. The van der Waals surface area contributed by atoms with E-state index in [4.69, 9.17) is 0 Å². The van der Waals surface area contributed by atoms with Crippen LogP contribution in [0.5, 0.6) is 0 Å². The lowest BCUT2D eigenvalue weighted by atomic mass is 10.3. The van der Waals surface area contributed by atoms with Gasteiger partial charge in [0.15, 0.2) is 5.13 Å². The molecule has 0 atom stereocenters. The summed E-state index contributed by atoms with van der Waals surface area (Å²) in [6.07, 6.45) is 2.01. The molecular formula is C16H25ClN5O3S+. The van der Waals surface area contributed by atoms with E-state index in [-0.39, 0.29) is 24.1 Å². The maximum absolute atomic E-state index is 11.9. The summed E-state index contributed by atoms with van der Waals surface area (Å²) in [4.78, 5) is 28.1. The van der Waals surface area contributed by atoms with E-state index in [9.17, 15) is 14.9 Å². The molecule has 144 valence electrons. The number of quaternary nitrogens is 1. The van der Waals surface area contributed by atoms with Crippen molar-refractivity contribution in [2.75, 3.05) is 31.5 Å². The molecule has 0 aliphatic rings. The average molecular weight is 403 g/mol. The van der Waals surface area contributed by atoms with Gasteiger partial charge in [0.25, 0.3) is 5.69 Å². The number of nitro groups is 1. The molecule has 0 saturated carbocycles. The number of nitrogens with zero attached hydrogens (tertiary/aromatic N) is 2. The first kappa shape index (κ1) is 22.1. The van der Waals surface area contributed by atoms with Crippen LogP contribution in [0, 0.1) is 10.1 Å². The Morgan fingerprint density at radius 3 is 2.69 bits per heavy atom. The Bertz CT molecular complexity index is 736. The number of anilines is 1. The summed E-state index contributed by atoms with van der Waals surface area (Å²) in [5.74, 6) is 0. The van der Waals surface area contributed by atoms with E-state index in [1.807, 2.05) is 0 Å². The Balaban J connectivity index is 0.00000338. The molecule has 10 heteroatoms. The van der Waals surface area contributed by atoms with Crippen molar-refractivity contribution in [1.29, 1.82) is 0 Å². The molecule has 2 rings (SSSR count). The van der Waals surface area contributed by atoms with E-state index in [0.717, 1.165) is 32.5 Å². The highest BCUT2D eigenvalue weighted by Gasteiger charge is 2.11. The molecule has 0 aliphatic carbocycles. The molecule has 1 heterocycles. The van der Waals surface area contributed by atoms with Crippen LogP contribution in [0.25, 0.3) is 10.2 Å². The number of hydrogen-bond acceptors (Lipinski definition) is 5. The van der Waals surface area contributed by atoms with Gasteiger partial charge in [0.05, 0.1) is 34.8 Å². The molecule has 8 nitrogen and oxygen atoms in total. The molecule has 0 bridgehead atoms. The van der Waals surface area contributed by atoms with Gasteiger partial charge in [0, 0.05) is 18.7 Å². The number of fused-ring (bicyclic) bond motifs is 1. The Kier molecular flexibility index (Phi) is 9.25. The number of hydrogen-bond donors (Lipinski definition) is 3. The van der Waals surface area contributed by atoms with Crippen LogP contribution in [0.3, 0.4) is 0 Å². The zero-order chi connectivity index (χ0) is 18.2. The first-order valence-electron chi connectivity index (χ1n) is 8.46. The van der Waals surface area contributed by atoms with Gasteiger partial charge in [0.1, 0.15) is 0 Å². The number of carbonyl (C=O) groups excluding carboxylic acids is 1. The van der Waals surface area contributed by atoms with Crippen molar-refractivity contribution >= 4 is 50.8 Å². The number of carbonyl (C=O) groups is 1. The monoisotopic (exact) mass is 402 g/mol. The van der Waals surface area contributed by atoms with E-state index >= 15 is 0 Å². The van der Waals surface area contributed by atoms with Crippen LogP contribution >= 0.6 is 23.7 Å². The first-order chi connectivity index (χ1) is 12.0. The number of unbranched alkanes of at least 4 members (excludes halogenated alkanes) is 1. The SMILES string of the molecule is CC[NH+](CC)CCCCNC(=O)Nc1nc2ccc([N+](=O)[O-])cc2s1.Cl. The largest absolute Gasteiger partial charge is 0.338 e. The number of non-ortho nitro benzene ring substituents is 1. The van der Waals surface area contributed by atoms with Crippen molar-refractivity contribution in [3.8, 4) is 0 Å². The van der Waals surface area contributed by atoms with E-state index in [2.05, 4.69) is 29.5 Å². The number of rotatable bonds is 9. The predicted octanol–water partition coefficient (Wildman–Crippen LogP) is 2.45. The Hall–Kier alpha value is -1.97. The fraction of sp³-hybridized carbons (Fsp3) is 0.500. The summed E-state index contributed by atoms with van der Waals surface area (Å²) in [5, 5.41) is 16.7. The quantitative estimate of drug-likeness (QED) is 0.340. The highest BCUT2D eigenvalue weighted by molar-refractivity contribution is 7.22. The summed E-state index contributed by atoms with van der Waals surface area (Å²) in [5.41, 5.74) is 0.649. The first-order valence-corrected chi connectivity index (χ1v) is 9.28. The minimum atomic E-state index is -0.446. The minimum absolute atomic E-state index is 0. The van der Waals surface area contributed by atoms with Crippen molar-refractivity contribution in [1.82, 2.24) is 10.3 Å². The molecule has 0 unspecified atom stereocenters. The molecule has 2 aromatic rings. The zero-order valence-corrected chi connectivity index (χ0v) is 16.5. The fourth-order valence-electron chi connectivity index (χ4n) is 2.53. The zero-order valence-electron chi connectivity index (χ0n) is 14.9. The minimum Gasteiger partial charge on any atom is -0.338 e. The molecule has 2 amide bonds. The molecule has 0 spiro atoms. The highest BCUT2D eigenvalue weighted by atomic mass is 35.5. The van der Waals surface area contributed by atoms with Gasteiger partial charge >= 0.3 is 6.03 Å². The van der Waals surface area contributed by atoms with Gasteiger partial charge in [-0.05, 0) is 32.8 Å². The lowest BCUT2D eigenvalue weighted by Crippen LogP contribution is -3.11. The van der Waals surface area contributed by atoms with Crippen LogP contribution < -0.4 is 15.5 Å². The molecule has 1 aromatic carbocycles. The number of thiazole rings is 1. The van der Waals surface area contributed by atoms with Gasteiger partial charge in [-0.3, -0.25) is 15.4 Å². The lowest BCUT2D eigenvalue weighted by molar-refractivity contribution is -0.896. The highest BCUT2D eigenvalue weighted by Crippen LogP contribution is 2.28. The Morgan fingerprint density at radius 2 is 2.04 bits per heavy atom. The number of aromatic nitrogens is 1. The topological polar surface area (TPSA) is 102 Å². The van der Waals surface area contributed by atoms with E-state index in [0.29, 0.717) is 21.9 Å². The van der Waals surface area contributed by atoms with Gasteiger partial charge in [-0.1, -0.05) is 11.3 Å². The Morgan fingerprint density at radius 1 is 1.31 bits per heavy atom. The van der Waals surface area contributed by atoms with Gasteiger partial charge < -0.3 is 10.2 Å². The van der Waals surface area contributed by atoms with Crippen molar-refractivity contribution < 1.29 is 14.6 Å². The van der Waals surface area contributed by atoms with Gasteiger partial charge in [-0.25, -0.2) is 9.78 Å². The number of nitrogens with one attached hydrogen (secondary N) is 3. The van der Waals surface area contributed by atoms with Crippen LogP contribution in [0.4, 0.5) is 15.6 Å². The van der Waals surface area contributed by atoms with Gasteiger partial charge in [-0.15, -0.1) is 12.4 Å². The molecule has 3 N–H and O–H groups in total. The normalized spacial score (nSPS) is 10.6. The molecule has 26 heavy (non-hydrogen) atoms. The molecule has 0 fully saturated rings. The van der Waals surface area contributed by atoms with Crippen molar-refractivity contribution in [3.05, 3.63) is 28.3 Å². The molecule has 0 saturated heterocycles. The van der Waals surface area contributed by atoms with Crippen molar-refractivity contribution in [3.63, 3.8) is 0 Å². The Labute approximate surface area is 162 Å². The number of nitro benzene ring substituents is 1. The number of halogens is 1. The van der Waals surface area contributed by atoms with Crippen LogP contribution in [-0.4, -0.2) is 42.1 Å². The van der Waals surface area contributed by atoms with Crippen molar-refractivity contribution in [2.24, 2.45) is 0 Å². The van der Waals surface area contributed by atoms with Crippen LogP contribution in [0.2, 0.25) is 0 Å². The van der Waals surface area contributed by atoms with E-state index in [1.165, 1.54) is 23.5 Å². The maximum atomic E-state index is 11.9. The second kappa shape index (κ2) is 10.9. The molecular weight excluding hydrogens is 378 g/mol. The van der Waals surface area contributed by atoms with Crippen molar-refractivity contribution in [2.45, 2.75) is 26.7 Å². The van der Waals surface area contributed by atoms with Gasteiger partial charge in [-0.2, -0.15) is 0 Å². The van der Waals surface area contributed by atoms with Crippen LogP contribution in [0.1, 0.15) is 26.7 Å². The second-order valence-corrected chi connectivity index (χ2v) is 6.75. The van der Waals surface area contributed by atoms with E-state index < -0.39 is 4.92 Å². The summed E-state index contributed by atoms with van der Waals surface area (Å²) in [6, 6.07) is 4.15. The third-order valence-electron chi connectivity index (χ3n) is 4.05. The lowest BCUT2D eigenvalue weighted by Gasteiger charge is -2.14. The summed E-state index contributed by atoms with van der Waals surface area (Å²) in [7, 11) is 0. The van der Waals surface area contributed by atoms with Crippen LogP contribution in [-0.2, 0) is 0 Å². The van der Waals surface area contributed by atoms with Crippen LogP contribution in [0.15, 0.2) is 18.2 Å². The third-order valence-corrected chi connectivity index (χ3v) is 4.98. The number of urea groups is 1.